The van der Waals surface area contributed by atoms with E-state index >= 15 is 0 Å². The molecule has 0 fully saturated rings. The van der Waals surface area contributed by atoms with E-state index in [1.54, 1.807) is 0 Å². The minimum Gasteiger partial charge on any atom is -0.261 e. The van der Waals surface area contributed by atoms with Crippen molar-refractivity contribution in [1.82, 2.24) is 19.9 Å². The largest absolute Gasteiger partial charge is 0.261 e. The van der Waals surface area contributed by atoms with Gasteiger partial charge >= 0.3 is 0 Å². The van der Waals surface area contributed by atoms with Crippen LogP contribution in [-0.2, 0) is 0 Å². The van der Waals surface area contributed by atoms with Gasteiger partial charge in [0.25, 0.3) is 0 Å². The number of hydrogen-bond donors (Lipinski definition) is 0. The molecule has 0 radical (unpaired) electrons. The maximum absolute atomic E-state index is 13.0. The van der Waals surface area contributed by atoms with Crippen molar-refractivity contribution < 1.29 is 4.39 Å². The first-order valence-corrected chi connectivity index (χ1v) is 4.59. The Morgan fingerprint density at radius 1 is 1.07 bits per heavy atom. The molecule has 2 aromatic heterocycles. The van der Waals surface area contributed by atoms with Crippen LogP contribution in [0.3, 0.4) is 0 Å². The lowest BCUT2D eigenvalue weighted by atomic mass is 10.4. The maximum atomic E-state index is 13.0. The van der Waals surface area contributed by atoms with Gasteiger partial charge in [-0.3, -0.25) is 4.98 Å². The second kappa shape index (κ2) is 4.04. The minimum absolute atomic E-state index is 0.138. The van der Waals surface area contributed by atoms with Crippen molar-refractivity contribution in [1.29, 1.82) is 0 Å². The third kappa shape index (κ3) is 2.03. The predicted octanol–water partition coefficient (Wildman–Crippen LogP) is 2.38. The molecule has 0 spiro atoms. The Labute approximate surface area is 94.1 Å². The van der Waals surface area contributed by atoms with Crippen LogP contribution in [0.15, 0.2) is 18.6 Å². The quantitative estimate of drug-likeness (QED) is 0.723. The predicted molar refractivity (Wildman–Crippen MR) is 53.0 cm³/mol. The van der Waals surface area contributed by atoms with Crippen molar-refractivity contribution in [2.75, 3.05) is 0 Å². The Morgan fingerprint density at radius 3 is 2.27 bits per heavy atom. The van der Waals surface area contributed by atoms with E-state index in [4.69, 9.17) is 23.2 Å². The van der Waals surface area contributed by atoms with Crippen molar-refractivity contribution in [3.8, 4) is 11.5 Å². The summed E-state index contributed by atoms with van der Waals surface area (Å²) in [5.74, 6) is -0.703. The van der Waals surface area contributed by atoms with Gasteiger partial charge in [-0.25, -0.2) is 19.3 Å². The Hall–Kier alpha value is -1.33. The van der Waals surface area contributed by atoms with E-state index in [-0.39, 0.29) is 16.1 Å². The summed E-state index contributed by atoms with van der Waals surface area (Å²) in [4.78, 5) is 15.1. The van der Waals surface area contributed by atoms with Crippen LogP contribution in [0.4, 0.5) is 4.39 Å². The summed E-state index contributed by atoms with van der Waals surface area (Å²) in [6.07, 6.45) is 4.39. The summed E-state index contributed by atoms with van der Waals surface area (Å²) in [6.45, 7) is 0. The second-order valence-corrected chi connectivity index (χ2v) is 3.25. The van der Waals surface area contributed by atoms with E-state index in [0.717, 1.165) is 0 Å². The molecule has 0 atom stereocenters. The van der Waals surface area contributed by atoms with E-state index in [1.165, 1.54) is 18.6 Å². The lowest BCUT2D eigenvalue weighted by Crippen LogP contribution is -1.96. The van der Waals surface area contributed by atoms with Crippen molar-refractivity contribution in [3.63, 3.8) is 0 Å². The van der Waals surface area contributed by atoms with Crippen LogP contribution < -0.4 is 0 Å². The van der Waals surface area contributed by atoms with Gasteiger partial charge in [-0.05, 0) is 0 Å². The second-order valence-electron chi connectivity index (χ2n) is 2.53. The van der Waals surface area contributed by atoms with Crippen LogP contribution in [-0.4, -0.2) is 19.9 Å². The molecular formula is C8H3Cl2FN4. The molecule has 4 nitrogen and oxygen atoms in total. The fraction of sp³-hybridized carbons (Fsp3) is 0. The lowest BCUT2D eigenvalue weighted by molar-refractivity contribution is 0.615. The molecule has 2 rings (SSSR count). The van der Waals surface area contributed by atoms with Crippen LogP contribution in [0.2, 0.25) is 10.3 Å². The molecule has 2 aromatic rings. The van der Waals surface area contributed by atoms with Crippen LogP contribution in [0.5, 0.6) is 0 Å². The van der Waals surface area contributed by atoms with Gasteiger partial charge in [0.05, 0.1) is 6.20 Å². The third-order valence-electron chi connectivity index (χ3n) is 1.56. The fourth-order valence-electron chi connectivity index (χ4n) is 0.923. The van der Waals surface area contributed by atoms with Crippen molar-refractivity contribution in [2.24, 2.45) is 0 Å². The number of halogens is 3. The summed E-state index contributed by atoms with van der Waals surface area (Å²) in [7, 11) is 0. The number of nitrogens with zero attached hydrogens (tertiary/aromatic N) is 4. The molecule has 0 saturated carbocycles. The summed E-state index contributed by atoms with van der Waals surface area (Å²) in [6, 6.07) is 0. The Morgan fingerprint density at radius 2 is 1.73 bits per heavy atom. The number of rotatable bonds is 1. The summed E-state index contributed by atoms with van der Waals surface area (Å²) in [5, 5.41) is -0.675. The Balaban J connectivity index is 2.56. The van der Waals surface area contributed by atoms with E-state index < -0.39 is 5.82 Å². The molecule has 15 heavy (non-hydrogen) atoms. The Kier molecular flexibility index (Phi) is 2.75. The standard InChI is InChI=1S/C8H3Cl2FN4/c9-6-5(11)7(10)15-8(14-6)4-3-12-1-2-13-4/h1-3H. The zero-order valence-corrected chi connectivity index (χ0v) is 8.67. The van der Waals surface area contributed by atoms with Crippen molar-refractivity contribution in [2.45, 2.75) is 0 Å². The summed E-state index contributed by atoms with van der Waals surface area (Å²) < 4.78 is 13.0. The van der Waals surface area contributed by atoms with Gasteiger partial charge in [-0.1, -0.05) is 23.2 Å². The fourth-order valence-corrected chi connectivity index (χ4v) is 1.31. The van der Waals surface area contributed by atoms with E-state index in [0.29, 0.717) is 5.69 Å². The highest BCUT2D eigenvalue weighted by Gasteiger charge is 2.12. The van der Waals surface area contributed by atoms with Crippen molar-refractivity contribution in [3.05, 3.63) is 34.7 Å². The van der Waals surface area contributed by atoms with Gasteiger partial charge in [-0.15, -0.1) is 0 Å². The molecule has 0 amide bonds. The zero-order valence-electron chi connectivity index (χ0n) is 7.15. The Bertz CT molecular complexity index is 468. The first-order valence-electron chi connectivity index (χ1n) is 3.83. The smallest absolute Gasteiger partial charge is 0.197 e. The van der Waals surface area contributed by atoms with Gasteiger partial charge in [-0.2, -0.15) is 0 Å². The van der Waals surface area contributed by atoms with E-state index in [1.807, 2.05) is 0 Å². The molecule has 0 aliphatic heterocycles. The molecule has 7 heteroatoms. The van der Waals surface area contributed by atoms with E-state index in [9.17, 15) is 4.39 Å². The average Bonchev–Trinajstić information content (AvgIpc) is 2.26. The minimum atomic E-state index is -0.842. The van der Waals surface area contributed by atoms with Crippen molar-refractivity contribution >= 4 is 23.2 Å². The molecule has 2 heterocycles. The molecule has 0 bridgehead atoms. The first kappa shape index (κ1) is 10.2. The van der Waals surface area contributed by atoms with Crippen LogP contribution in [0.1, 0.15) is 0 Å². The van der Waals surface area contributed by atoms with Crippen LogP contribution in [0.25, 0.3) is 11.5 Å². The number of hydrogen-bond acceptors (Lipinski definition) is 4. The highest BCUT2D eigenvalue weighted by atomic mass is 35.5. The van der Waals surface area contributed by atoms with Gasteiger partial charge < -0.3 is 0 Å². The first-order chi connectivity index (χ1) is 7.18. The van der Waals surface area contributed by atoms with Gasteiger partial charge in [0, 0.05) is 12.4 Å². The normalized spacial score (nSPS) is 10.3. The maximum Gasteiger partial charge on any atom is 0.197 e. The lowest BCUT2D eigenvalue weighted by Gasteiger charge is -2.00. The molecule has 0 aliphatic rings. The SMILES string of the molecule is Fc1c(Cl)nc(-c2cnccn2)nc1Cl. The van der Waals surface area contributed by atoms with Gasteiger partial charge in [0.15, 0.2) is 21.9 Å². The molecule has 0 aromatic carbocycles. The van der Waals surface area contributed by atoms with Crippen LogP contribution >= 0.6 is 23.2 Å². The third-order valence-corrected chi connectivity index (χ3v) is 2.06. The highest BCUT2D eigenvalue weighted by Crippen LogP contribution is 2.22. The van der Waals surface area contributed by atoms with Gasteiger partial charge in [0.1, 0.15) is 5.69 Å². The molecular weight excluding hydrogens is 242 g/mol. The topological polar surface area (TPSA) is 51.6 Å². The number of aromatic nitrogens is 4. The summed E-state index contributed by atoms with van der Waals surface area (Å²) in [5.41, 5.74) is 0.376. The van der Waals surface area contributed by atoms with Crippen LogP contribution in [0, 0.1) is 5.82 Å². The molecule has 76 valence electrons. The molecule has 0 saturated heterocycles. The summed E-state index contributed by atoms with van der Waals surface area (Å²) >= 11 is 11.0. The molecule has 0 unspecified atom stereocenters. The van der Waals surface area contributed by atoms with Gasteiger partial charge in [0.2, 0.25) is 0 Å². The van der Waals surface area contributed by atoms with E-state index in [2.05, 4.69) is 19.9 Å². The molecule has 0 N–H and O–H groups in total. The monoisotopic (exact) mass is 244 g/mol. The zero-order chi connectivity index (χ0) is 10.8. The molecule has 0 aliphatic carbocycles. The average molecular weight is 245 g/mol. The highest BCUT2D eigenvalue weighted by molar-refractivity contribution is 6.33.